The van der Waals surface area contributed by atoms with Crippen LogP contribution in [0.2, 0.25) is 0 Å². The maximum atomic E-state index is 13.2. The molecule has 4 atom stereocenters. The van der Waals surface area contributed by atoms with Crippen molar-refractivity contribution < 1.29 is 28.9 Å². The molecule has 2 amide bonds. The van der Waals surface area contributed by atoms with Crippen molar-refractivity contribution in [3.63, 3.8) is 0 Å². The number of aliphatic hydroxyl groups is 1. The molecule has 0 radical (unpaired) electrons. The van der Waals surface area contributed by atoms with Crippen LogP contribution in [0.4, 0.5) is 16.2 Å². The van der Waals surface area contributed by atoms with E-state index in [1.165, 1.54) is 6.08 Å². The third kappa shape index (κ3) is 6.66. The summed E-state index contributed by atoms with van der Waals surface area (Å²) in [5, 5.41) is 15.4. The van der Waals surface area contributed by atoms with Gasteiger partial charge < -0.3 is 34.4 Å². The number of anilines is 2. The molecular formula is C36H42N4O6. The minimum absolute atomic E-state index is 0.0119. The van der Waals surface area contributed by atoms with Gasteiger partial charge in [-0.2, -0.15) is 0 Å². The molecule has 3 heterocycles. The number of piperidine rings is 1. The molecule has 0 aliphatic carbocycles. The highest BCUT2D eigenvalue weighted by molar-refractivity contribution is 5.93. The van der Waals surface area contributed by atoms with Crippen LogP contribution < -0.4 is 15.5 Å². The molecule has 242 valence electrons. The third-order valence-electron chi connectivity index (χ3n) is 9.39. The highest BCUT2D eigenvalue weighted by atomic mass is 16.7. The lowest BCUT2D eigenvalue weighted by molar-refractivity contribution is -0.276. The van der Waals surface area contributed by atoms with Gasteiger partial charge in [0, 0.05) is 42.5 Å². The Morgan fingerprint density at radius 1 is 1.07 bits per heavy atom. The Bertz CT molecular complexity index is 1510. The average Bonchev–Trinajstić information content (AvgIpc) is 3.40. The molecular weight excluding hydrogens is 584 g/mol. The molecule has 3 aliphatic rings. The van der Waals surface area contributed by atoms with Crippen molar-refractivity contribution in [1.82, 2.24) is 10.2 Å². The maximum absolute atomic E-state index is 13.2. The number of aliphatic hydroxyl groups excluding tert-OH is 1. The molecule has 46 heavy (non-hydrogen) atoms. The van der Waals surface area contributed by atoms with Gasteiger partial charge in [0.05, 0.1) is 25.5 Å². The minimum Gasteiger partial charge on any atom is -0.445 e. The van der Waals surface area contributed by atoms with Crippen molar-refractivity contribution in [2.75, 3.05) is 43.1 Å². The zero-order valence-corrected chi connectivity index (χ0v) is 26.1. The van der Waals surface area contributed by atoms with Crippen LogP contribution in [0.25, 0.3) is 0 Å². The Hall–Kier alpha value is -4.22. The number of carbonyl (C=O) groups is 2. The number of benzene rings is 3. The average molecular weight is 627 g/mol. The number of para-hydroxylation sites is 1. The Morgan fingerprint density at radius 3 is 2.54 bits per heavy atom. The summed E-state index contributed by atoms with van der Waals surface area (Å²) >= 11 is 0. The van der Waals surface area contributed by atoms with Gasteiger partial charge in [-0.1, -0.05) is 74.2 Å². The van der Waals surface area contributed by atoms with Gasteiger partial charge in [0.2, 0.25) is 5.91 Å². The van der Waals surface area contributed by atoms with E-state index in [0.717, 1.165) is 48.3 Å². The van der Waals surface area contributed by atoms with Gasteiger partial charge in [-0.3, -0.25) is 10.1 Å². The summed E-state index contributed by atoms with van der Waals surface area (Å²) in [6, 6.07) is 25.4. The van der Waals surface area contributed by atoms with Crippen molar-refractivity contribution in [2.24, 2.45) is 5.92 Å². The first-order chi connectivity index (χ1) is 22.4. The Kier molecular flexibility index (Phi) is 9.70. The van der Waals surface area contributed by atoms with Crippen LogP contribution in [0, 0.1) is 5.92 Å². The van der Waals surface area contributed by atoms with Gasteiger partial charge in [0.25, 0.3) is 0 Å². The van der Waals surface area contributed by atoms with E-state index in [1.54, 1.807) is 6.07 Å². The lowest BCUT2D eigenvalue weighted by Crippen LogP contribution is -2.57. The number of amides is 2. The highest BCUT2D eigenvalue weighted by Crippen LogP contribution is 2.43. The van der Waals surface area contributed by atoms with E-state index in [1.807, 2.05) is 60.7 Å². The van der Waals surface area contributed by atoms with Crippen LogP contribution in [-0.4, -0.2) is 66.6 Å². The Labute approximate surface area is 269 Å². The van der Waals surface area contributed by atoms with E-state index >= 15 is 0 Å². The number of likely N-dealkylation sites (tertiary alicyclic amines) is 1. The number of hydrogen-bond acceptors (Lipinski definition) is 8. The second-order valence-corrected chi connectivity index (χ2v) is 12.2. The zero-order chi connectivity index (χ0) is 32.1. The monoisotopic (exact) mass is 626 g/mol. The fraction of sp³-hybridized carbons (Fsp3) is 0.389. The molecule has 6 rings (SSSR count). The summed E-state index contributed by atoms with van der Waals surface area (Å²) < 4.78 is 18.4. The summed E-state index contributed by atoms with van der Waals surface area (Å²) in [5.41, 5.74) is 3.68. The molecule has 10 nitrogen and oxygen atoms in total. The third-order valence-corrected chi connectivity index (χ3v) is 9.39. The van der Waals surface area contributed by atoms with Crippen LogP contribution in [0.15, 0.2) is 91.5 Å². The molecule has 4 unspecified atom stereocenters. The lowest BCUT2D eigenvalue weighted by atomic mass is 9.84. The molecule has 10 heteroatoms. The van der Waals surface area contributed by atoms with E-state index in [-0.39, 0.29) is 37.2 Å². The molecule has 3 fully saturated rings. The number of nitrogens with zero attached hydrogens (tertiary/aromatic N) is 2. The molecule has 3 aliphatic heterocycles. The van der Waals surface area contributed by atoms with Crippen molar-refractivity contribution in [2.45, 2.75) is 50.4 Å². The molecule has 3 aromatic rings. The molecule has 0 saturated carbocycles. The Balaban J connectivity index is 1.20. The van der Waals surface area contributed by atoms with Crippen LogP contribution in [-0.2, 0) is 25.6 Å². The number of hydrogen-bond donors (Lipinski definition) is 3. The van der Waals surface area contributed by atoms with Gasteiger partial charge in [0.1, 0.15) is 12.1 Å². The van der Waals surface area contributed by atoms with Crippen LogP contribution in [0.5, 0.6) is 0 Å². The first kappa shape index (κ1) is 31.7. The van der Waals surface area contributed by atoms with E-state index < -0.39 is 17.9 Å². The number of nitrogens with one attached hydrogen (secondary N) is 2. The van der Waals surface area contributed by atoms with Gasteiger partial charge >= 0.3 is 6.09 Å². The molecule has 3 saturated heterocycles. The lowest BCUT2D eigenvalue weighted by Gasteiger charge is -2.46. The van der Waals surface area contributed by atoms with Crippen molar-refractivity contribution in [3.8, 4) is 0 Å². The largest absolute Gasteiger partial charge is 0.445 e. The number of rotatable bonds is 9. The van der Waals surface area contributed by atoms with Crippen molar-refractivity contribution in [3.05, 3.63) is 108 Å². The fourth-order valence-corrected chi connectivity index (χ4v) is 6.77. The molecule has 3 N–H and O–H groups in total. The van der Waals surface area contributed by atoms with Gasteiger partial charge in [-0.25, -0.2) is 4.79 Å². The highest BCUT2D eigenvalue weighted by Gasteiger charge is 2.51. The molecule has 3 aromatic carbocycles. The van der Waals surface area contributed by atoms with Crippen molar-refractivity contribution >= 4 is 23.4 Å². The Morgan fingerprint density at radius 2 is 1.83 bits per heavy atom. The first-order valence-electron chi connectivity index (χ1n) is 15.9. The summed E-state index contributed by atoms with van der Waals surface area (Å²) in [7, 11) is 0. The second kappa shape index (κ2) is 14.0. The van der Waals surface area contributed by atoms with Gasteiger partial charge in [-0.05, 0) is 48.2 Å². The van der Waals surface area contributed by atoms with Crippen molar-refractivity contribution in [1.29, 1.82) is 0 Å². The second-order valence-electron chi connectivity index (χ2n) is 12.2. The zero-order valence-electron chi connectivity index (χ0n) is 26.1. The van der Waals surface area contributed by atoms with Crippen LogP contribution in [0.1, 0.15) is 48.8 Å². The number of carbonyl (C=O) groups excluding carboxylic acids is 2. The van der Waals surface area contributed by atoms with E-state index in [0.29, 0.717) is 18.9 Å². The standard InChI is InChI=1S/C36H42N4O6/c1-3-20-44-35(43)38-29-9-7-8-28(21-29)33-45-31(25(2)32(46-33)27-14-12-26(23-41)13-15-27)22-39-18-16-36(17-19-39)34(42)37-24-40(36)30-10-5-4-6-11-30/h3-15,21,25,31-33,41H,1,16-20,22-24H2,2H3,(H,37,42)(H,38,43). The SMILES string of the molecule is C=CCOC(=O)Nc1cccc(C2OC(CN3CCC4(CC3)C(=O)NCN4c3ccccc3)C(C)C(c3ccc(CO)cc3)O2)c1. The molecule has 0 aromatic heterocycles. The summed E-state index contributed by atoms with van der Waals surface area (Å²) in [5.74, 6) is 0.109. The number of ether oxygens (including phenoxy) is 3. The minimum atomic E-state index is -0.681. The summed E-state index contributed by atoms with van der Waals surface area (Å²) in [6.07, 6.45) is 1.26. The predicted molar refractivity (Wildman–Crippen MR) is 175 cm³/mol. The molecule has 1 spiro atoms. The van der Waals surface area contributed by atoms with Crippen LogP contribution in [0.3, 0.4) is 0 Å². The van der Waals surface area contributed by atoms with Gasteiger partial charge in [0.15, 0.2) is 6.29 Å². The summed E-state index contributed by atoms with van der Waals surface area (Å²) in [6.45, 7) is 8.53. The van der Waals surface area contributed by atoms with E-state index in [4.69, 9.17) is 14.2 Å². The molecule has 0 bridgehead atoms. The predicted octanol–water partition coefficient (Wildman–Crippen LogP) is 5.13. The van der Waals surface area contributed by atoms with E-state index in [2.05, 4.69) is 46.1 Å². The topological polar surface area (TPSA) is 113 Å². The fourth-order valence-electron chi connectivity index (χ4n) is 6.77. The van der Waals surface area contributed by atoms with E-state index in [9.17, 15) is 14.7 Å². The first-order valence-corrected chi connectivity index (χ1v) is 15.9. The quantitative estimate of drug-likeness (QED) is 0.280. The van der Waals surface area contributed by atoms with Crippen LogP contribution >= 0.6 is 0 Å². The maximum Gasteiger partial charge on any atom is 0.411 e. The van der Waals surface area contributed by atoms with Gasteiger partial charge in [-0.15, -0.1) is 0 Å². The smallest absolute Gasteiger partial charge is 0.411 e. The normalized spacial score (nSPS) is 24.4. The summed E-state index contributed by atoms with van der Waals surface area (Å²) in [4.78, 5) is 30.0.